The molecule has 0 saturated carbocycles. The Bertz CT molecular complexity index is 369. The van der Waals surface area contributed by atoms with Gasteiger partial charge < -0.3 is 11.1 Å². The highest BCUT2D eigenvalue weighted by molar-refractivity contribution is 8.00. The van der Waals surface area contributed by atoms with E-state index in [2.05, 4.69) is 27.8 Å². The molecule has 0 radical (unpaired) electrons. The number of thioether (sulfide) groups is 1. The van der Waals surface area contributed by atoms with Crippen LogP contribution in [-0.4, -0.2) is 44.5 Å². The molecule has 1 aromatic rings. The average Bonchev–Trinajstić information content (AvgIpc) is 2.78. The number of carbonyl (C=O) groups is 1. The van der Waals surface area contributed by atoms with Crippen molar-refractivity contribution in [3.05, 3.63) is 0 Å². The Labute approximate surface area is 111 Å². The summed E-state index contributed by atoms with van der Waals surface area (Å²) >= 11 is 1.32. The van der Waals surface area contributed by atoms with Crippen LogP contribution in [0.1, 0.15) is 26.7 Å². The van der Waals surface area contributed by atoms with Crippen LogP contribution in [0.4, 0.5) is 0 Å². The largest absolute Gasteiger partial charge is 0.369 e. The minimum Gasteiger partial charge on any atom is -0.369 e. The zero-order chi connectivity index (χ0) is 13.4. The van der Waals surface area contributed by atoms with Crippen molar-refractivity contribution in [1.29, 1.82) is 0 Å². The van der Waals surface area contributed by atoms with Crippen LogP contribution in [0.15, 0.2) is 5.16 Å². The van der Waals surface area contributed by atoms with Crippen molar-refractivity contribution < 1.29 is 4.79 Å². The summed E-state index contributed by atoms with van der Waals surface area (Å²) < 4.78 is 1.69. The molecule has 0 saturated heterocycles. The molecule has 0 fully saturated rings. The molecule has 1 rings (SSSR count). The highest BCUT2D eigenvalue weighted by atomic mass is 32.2. The van der Waals surface area contributed by atoms with Gasteiger partial charge in [-0.25, -0.2) is 4.68 Å². The molecule has 0 aliphatic rings. The van der Waals surface area contributed by atoms with Gasteiger partial charge in [0.2, 0.25) is 11.1 Å². The van der Waals surface area contributed by atoms with Gasteiger partial charge in [0.25, 0.3) is 0 Å². The van der Waals surface area contributed by atoms with Gasteiger partial charge in [-0.2, -0.15) is 0 Å². The van der Waals surface area contributed by atoms with Crippen LogP contribution in [0, 0.1) is 0 Å². The number of hydrogen-bond donors (Lipinski definition) is 2. The summed E-state index contributed by atoms with van der Waals surface area (Å²) in [7, 11) is 0. The lowest BCUT2D eigenvalue weighted by molar-refractivity contribution is -0.117. The summed E-state index contributed by atoms with van der Waals surface area (Å²) in [6.07, 6.45) is 1.76. The minimum atomic E-state index is -0.332. The van der Waals surface area contributed by atoms with Gasteiger partial charge in [-0.1, -0.05) is 25.6 Å². The summed E-state index contributed by atoms with van der Waals surface area (Å²) in [5.74, 6) is -0.332. The van der Waals surface area contributed by atoms with E-state index in [0.29, 0.717) is 18.1 Å². The predicted octanol–water partition coefficient (Wildman–Crippen LogP) is 0.0287. The van der Waals surface area contributed by atoms with Gasteiger partial charge in [0, 0.05) is 6.54 Å². The lowest BCUT2D eigenvalue weighted by atomic mass is 10.3. The van der Waals surface area contributed by atoms with Gasteiger partial charge in [0.05, 0.1) is 11.8 Å². The molecule has 7 nitrogen and oxygen atoms in total. The number of aromatic nitrogens is 4. The van der Waals surface area contributed by atoms with Crippen molar-refractivity contribution in [2.75, 3.05) is 13.1 Å². The third-order valence-corrected chi connectivity index (χ3v) is 3.72. The number of amides is 1. The molecule has 0 aliphatic heterocycles. The van der Waals surface area contributed by atoms with E-state index in [9.17, 15) is 4.79 Å². The fourth-order valence-electron chi connectivity index (χ4n) is 1.38. The first kappa shape index (κ1) is 14.9. The van der Waals surface area contributed by atoms with Crippen LogP contribution in [0.3, 0.4) is 0 Å². The lowest BCUT2D eigenvalue weighted by Crippen LogP contribution is -2.26. The van der Waals surface area contributed by atoms with E-state index in [4.69, 9.17) is 5.73 Å². The molecule has 1 heterocycles. The Morgan fingerprint density at radius 1 is 1.50 bits per heavy atom. The van der Waals surface area contributed by atoms with Crippen molar-refractivity contribution in [2.24, 2.45) is 5.73 Å². The van der Waals surface area contributed by atoms with Crippen molar-refractivity contribution in [3.8, 4) is 0 Å². The maximum atomic E-state index is 11.2. The van der Waals surface area contributed by atoms with Crippen LogP contribution in [0.5, 0.6) is 0 Å². The fraction of sp³-hybridized carbons (Fsp3) is 0.800. The average molecular weight is 272 g/mol. The monoisotopic (exact) mass is 272 g/mol. The van der Waals surface area contributed by atoms with Crippen LogP contribution in [0.25, 0.3) is 0 Å². The number of nitrogens with one attached hydrogen (secondary N) is 1. The predicted molar refractivity (Wildman–Crippen MR) is 70.1 cm³/mol. The quantitative estimate of drug-likeness (QED) is 0.486. The molecule has 102 valence electrons. The second-order valence-corrected chi connectivity index (χ2v) is 5.02. The van der Waals surface area contributed by atoms with E-state index < -0.39 is 0 Å². The molecule has 0 aliphatic carbocycles. The van der Waals surface area contributed by atoms with Crippen LogP contribution in [0.2, 0.25) is 0 Å². The van der Waals surface area contributed by atoms with Crippen molar-refractivity contribution in [1.82, 2.24) is 25.5 Å². The molecule has 1 amide bonds. The van der Waals surface area contributed by atoms with Gasteiger partial charge in [-0.05, 0) is 29.8 Å². The van der Waals surface area contributed by atoms with E-state index in [1.807, 2.05) is 6.92 Å². The number of rotatable bonds is 9. The van der Waals surface area contributed by atoms with Crippen LogP contribution >= 0.6 is 11.8 Å². The molecule has 1 unspecified atom stereocenters. The smallest absolute Gasteiger partial charge is 0.231 e. The Kier molecular flexibility index (Phi) is 6.66. The number of nitrogens with zero attached hydrogens (tertiary/aromatic N) is 4. The van der Waals surface area contributed by atoms with E-state index in [0.717, 1.165) is 19.5 Å². The maximum Gasteiger partial charge on any atom is 0.231 e. The second kappa shape index (κ2) is 8.04. The van der Waals surface area contributed by atoms with Gasteiger partial charge in [-0.3, -0.25) is 4.79 Å². The summed E-state index contributed by atoms with van der Waals surface area (Å²) in [4.78, 5) is 11.2. The molecular weight excluding hydrogens is 252 g/mol. The van der Waals surface area contributed by atoms with E-state index in [-0.39, 0.29) is 11.2 Å². The van der Waals surface area contributed by atoms with E-state index in [1.165, 1.54) is 11.8 Å². The highest BCUT2D eigenvalue weighted by Crippen LogP contribution is 2.22. The highest BCUT2D eigenvalue weighted by Gasteiger charge is 2.18. The van der Waals surface area contributed by atoms with E-state index in [1.54, 1.807) is 4.68 Å². The second-order valence-electron chi connectivity index (χ2n) is 3.85. The van der Waals surface area contributed by atoms with Gasteiger partial charge in [0.15, 0.2) is 0 Å². The van der Waals surface area contributed by atoms with Crippen molar-refractivity contribution >= 4 is 17.7 Å². The standard InChI is InChI=1S/C10H20N6OS/c1-3-5-12-6-7-16-10(13-14-15-16)18-8(4-2)9(11)17/h8,12H,3-7H2,1-2H3,(H2,11,17). The first-order chi connectivity index (χ1) is 8.69. The number of nitrogens with two attached hydrogens (primary N) is 1. The van der Waals surface area contributed by atoms with E-state index >= 15 is 0 Å². The molecule has 3 N–H and O–H groups in total. The Morgan fingerprint density at radius 3 is 2.89 bits per heavy atom. The summed E-state index contributed by atoms with van der Waals surface area (Å²) in [6.45, 7) is 6.50. The molecule has 8 heteroatoms. The molecule has 0 aromatic carbocycles. The SMILES string of the molecule is CCCNCCn1nnnc1SC(CC)C(N)=O. The molecule has 1 atom stereocenters. The van der Waals surface area contributed by atoms with Crippen molar-refractivity contribution in [2.45, 2.75) is 43.6 Å². The Balaban J connectivity index is 2.51. The Morgan fingerprint density at radius 2 is 2.28 bits per heavy atom. The van der Waals surface area contributed by atoms with Gasteiger partial charge in [0.1, 0.15) is 0 Å². The molecule has 1 aromatic heterocycles. The number of tetrazole rings is 1. The fourth-order valence-corrected chi connectivity index (χ4v) is 2.25. The van der Waals surface area contributed by atoms with Crippen LogP contribution < -0.4 is 11.1 Å². The summed E-state index contributed by atoms with van der Waals surface area (Å²) in [5, 5.41) is 15.1. The number of hydrogen-bond acceptors (Lipinski definition) is 6. The first-order valence-electron chi connectivity index (χ1n) is 6.11. The zero-order valence-electron chi connectivity index (χ0n) is 10.8. The molecule has 0 bridgehead atoms. The summed E-state index contributed by atoms with van der Waals surface area (Å²) in [5.41, 5.74) is 5.30. The molecule has 18 heavy (non-hydrogen) atoms. The summed E-state index contributed by atoms with van der Waals surface area (Å²) in [6, 6.07) is 0. The number of carbonyl (C=O) groups excluding carboxylic acids is 1. The normalized spacial score (nSPS) is 12.6. The third-order valence-electron chi connectivity index (χ3n) is 2.36. The maximum absolute atomic E-state index is 11.2. The van der Waals surface area contributed by atoms with Crippen LogP contribution in [-0.2, 0) is 11.3 Å². The lowest BCUT2D eigenvalue weighted by Gasteiger charge is -2.10. The van der Waals surface area contributed by atoms with Crippen molar-refractivity contribution in [3.63, 3.8) is 0 Å². The Hall–Kier alpha value is -1.15. The first-order valence-corrected chi connectivity index (χ1v) is 6.99. The molecule has 0 spiro atoms. The van der Waals surface area contributed by atoms with Gasteiger partial charge in [-0.15, -0.1) is 5.10 Å². The topological polar surface area (TPSA) is 98.7 Å². The zero-order valence-corrected chi connectivity index (χ0v) is 11.6. The minimum absolute atomic E-state index is 0.279. The van der Waals surface area contributed by atoms with Gasteiger partial charge >= 0.3 is 0 Å². The number of primary amides is 1. The molecular formula is C10H20N6OS. The third kappa shape index (κ3) is 4.61.